The topological polar surface area (TPSA) is 75.3 Å². The molecule has 25 heavy (non-hydrogen) atoms. The highest BCUT2D eigenvalue weighted by Gasteiger charge is 2.10. The zero-order valence-electron chi connectivity index (χ0n) is 15.2. The van der Waals surface area contributed by atoms with Crippen LogP contribution in [0.25, 0.3) is 11.4 Å². The lowest BCUT2D eigenvalue weighted by atomic mass is 10.1. The van der Waals surface area contributed by atoms with Crippen molar-refractivity contribution in [3.05, 3.63) is 35.2 Å². The second-order valence-electron chi connectivity index (χ2n) is 6.21. The molecule has 136 valence electrons. The van der Waals surface area contributed by atoms with E-state index < -0.39 is 0 Å². The van der Waals surface area contributed by atoms with Gasteiger partial charge in [-0.05, 0) is 44.0 Å². The van der Waals surface area contributed by atoms with Crippen LogP contribution in [0.5, 0.6) is 0 Å². The van der Waals surface area contributed by atoms with Crippen molar-refractivity contribution in [3.8, 4) is 11.4 Å². The second kappa shape index (κ2) is 9.42. The van der Waals surface area contributed by atoms with E-state index in [0.29, 0.717) is 41.7 Å². The van der Waals surface area contributed by atoms with Crippen molar-refractivity contribution >= 4 is 17.6 Å². The number of nitrogens with one attached hydrogen (secondary N) is 2. The maximum atomic E-state index is 5.89. The Bertz CT molecular complexity index is 681. The van der Waals surface area contributed by atoms with Gasteiger partial charge in [0.15, 0.2) is 5.96 Å². The molecular formula is C18H26ClN5O. The number of benzene rings is 1. The highest BCUT2D eigenvalue weighted by Crippen LogP contribution is 2.18. The number of rotatable bonds is 7. The Morgan fingerprint density at radius 3 is 2.60 bits per heavy atom. The van der Waals surface area contributed by atoms with Gasteiger partial charge in [0.25, 0.3) is 0 Å². The largest absolute Gasteiger partial charge is 0.357 e. The molecule has 0 aliphatic heterocycles. The Kier molecular flexibility index (Phi) is 7.25. The van der Waals surface area contributed by atoms with Gasteiger partial charge < -0.3 is 15.2 Å². The number of nitrogens with zero attached hydrogens (tertiary/aromatic N) is 3. The van der Waals surface area contributed by atoms with Crippen molar-refractivity contribution < 1.29 is 4.52 Å². The number of guanidine groups is 1. The minimum absolute atomic E-state index is 0.345. The van der Waals surface area contributed by atoms with E-state index in [9.17, 15) is 0 Å². The number of halogens is 1. The van der Waals surface area contributed by atoms with Gasteiger partial charge in [-0.1, -0.05) is 30.6 Å². The number of hydrogen-bond acceptors (Lipinski definition) is 4. The Labute approximate surface area is 154 Å². The summed E-state index contributed by atoms with van der Waals surface area (Å²) in [5.41, 5.74) is 0.878. The van der Waals surface area contributed by atoms with Crippen LogP contribution in [0.1, 0.15) is 33.6 Å². The summed E-state index contributed by atoms with van der Waals surface area (Å²) in [6.07, 6.45) is 0.590. The molecule has 2 N–H and O–H groups in total. The van der Waals surface area contributed by atoms with Crippen molar-refractivity contribution in [2.24, 2.45) is 10.9 Å². The number of aromatic nitrogens is 2. The molecule has 0 bridgehead atoms. The first-order valence-electron chi connectivity index (χ1n) is 8.63. The van der Waals surface area contributed by atoms with Crippen LogP contribution in [0.3, 0.4) is 0 Å². The fraction of sp³-hybridized carbons (Fsp3) is 0.500. The fourth-order valence-corrected chi connectivity index (χ4v) is 2.16. The van der Waals surface area contributed by atoms with E-state index in [-0.39, 0.29) is 0 Å². The molecule has 1 atom stereocenters. The average molecular weight is 364 g/mol. The zero-order valence-corrected chi connectivity index (χ0v) is 16.0. The van der Waals surface area contributed by atoms with Crippen LogP contribution in [-0.4, -0.2) is 35.2 Å². The van der Waals surface area contributed by atoms with Crippen LogP contribution < -0.4 is 10.6 Å². The Morgan fingerprint density at radius 1 is 1.24 bits per heavy atom. The standard InChI is InChI=1S/C18H26ClN5O/c1-5-20-18(22-13(4)12(2)3)21-11-10-16-23-17(24-25-16)14-6-8-15(19)9-7-14/h6-9,12-13H,5,10-11H2,1-4H3,(H2,20,21,22). The second-order valence-corrected chi connectivity index (χ2v) is 6.64. The van der Waals surface area contributed by atoms with Crippen LogP contribution in [0.2, 0.25) is 5.02 Å². The predicted octanol–water partition coefficient (Wildman–Crippen LogP) is 3.53. The van der Waals surface area contributed by atoms with Crippen molar-refractivity contribution in [1.29, 1.82) is 0 Å². The van der Waals surface area contributed by atoms with Gasteiger partial charge in [-0.25, -0.2) is 0 Å². The van der Waals surface area contributed by atoms with Gasteiger partial charge in [0.2, 0.25) is 11.7 Å². The van der Waals surface area contributed by atoms with E-state index in [1.54, 1.807) is 0 Å². The third-order valence-electron chi connectivity index (χ3n) is 3.87. The van der Waals surface area contributed by atoms with Crippen molar-refractivity contribution in [2.75, 3.05) is 13.1 Å². The SMILES string of the molecule is CCNC(=NCCc1nc(-c2ccc(Cl)cc2)no1)NC(C)C(C)C. The molecule has 2 rings (SSSR count). The summed E-state index contributed by atoms with van der Waals surface area (Å²) in [7, 11) is 0. The summed E-state index contributed by atoms with van der Waals surface area (Å²) >= 11 is 5.89. The molecule has 0 aliphatic rings. The summed E-state index contributed by atoms with van der Waals surface area (Å²) in [6, 6.07) is 7.70. The maximum absolute atomic E-state index is 5.89. The lowest BCUT2D eigenvalue weighted by Crippen LogP contribution is -2.44. The lowest BCUT2D eigenvalue weighted by Gasteiger charge is -2.20. The molecule has 0 spiro atoms. The van der Waals surface area contributed by atoms with Crippen LogP contribution in [-0.2, 0) is 6.42 Å². The normalized spacial score (nSPS) is 13.1. The molecule has 7 heteroatoms. The molecule has 0 aliphatic carbocycles. The Morgan fingerprint density at radius 2 is 1.96 bits per heavy atom. The fourth-order valence-electron chi connectivity index (χ4n) is 2.04. The van der Waals surface area contributed by atoms with Crippen molar-refractivity contribution in [1.82, 2.24) is 20.8 Å². The van der Waals surface area contributed by atoms with Crippen LogP contribution >= 0.6 is 11.6 Å². The minimum Gasteiger partial charge on any atom is -0.357 e. The molecule has 0 radical (unpaired) electrons. The van der Waals surface area contributed by atoms with Gasteiger partial charge in [0.1, 0.15) is 0 Å². The van der Waals surface area contributed by atoms with Gasteiger partial charge in [-0.3, -0.25) is 4.99 Å². The van der Waals surface area contributed by atoms with Crippen LogP contribution in [0.15, 0.2) is 33.8 Å². The van der Waals surface area contributed by atoms with Gasteiger partial charge in [-0.15, -0.1) is 0 Å². The maximum Gasteiger partial charge on any atom is 0.228 e. The van der Waals surface area contributed by atoms with Crippen molar-refractivity contribution in [2.45, 2.75) is 40.2 Å². The van der Waals surface area contributed by atoms with E-state index in [4.69, 9.17) is 16.1 Å². The van der Waals surface area contributed by atoms with Crippen LogP contribution in [0, 0.1) is 5.92 Å². The third kappa shape index (κ3) is 6.05. The lowest BCUT2D eigenvalue weighted by molar-refractivity contribution is 0.380. The third-order valence-corrected chi connectivity index (χ3v) is 4.13. The quantitative estimate of drug-likeness (QED) is 0.581. The molecule has 6 nitrogen and oxygen atoms in total. The molecule has 0 amide bonds. The molecule has 0 saturated carbocycles. The first-order chi connectivity index (χ1) is 12.0. The number of aliphatic imine (C=N–C) groups is 1. The predicted molar refractivity (Wildman–Crippen MR) is 102 cm³/mol. The smallest absolute Gasteiger partial charge is 0.228 e. The molecule has 1 aromatic heterocycles. The van der Waals surface area contributed by atoms with E-state index in [1.165, 1.54) is 0 Å². The van der Waals surface area contributed by atoms with Gasteiger partial charge >= 0.3 is 0 Å². The zero-order chi connectivity index (χ0) is 18.2. The van der Waals surface area contributed by atoms with Gasteiger partial charge in [0.05, 0.1) is 6.54 Å². The van der Waals surface area contributed by atoms with Crippen molar-refractivity contribution in [3.63, 3.8) is 0 Å². The summed E-state index contributed by atoms with van der Waals surface area (Å²) in [4.78, 5) is 8.99. The first kappa shape index (κ1) is 19.2. The molecule has 1 heterocycles. The highest BCUT2D eigenvalue weighted by molar-refractivity contribution is 6.30. The van der Waals surface area contributed by atoms with E-state index in [2.05, 4.69) is 46.5 Å². The van der Waals surface area contributed by atoms with E-state index in [0.717, 1.165) is 18.1 Å². The monoisotopic (exact) mass is 363 g/mol. The molecule has 0 saturated heterocycles. The van der Waals surface area contributed by atoms with Crippen LogP contribution in [0.4, 0.5) is 0 Å². The average Bonchev–Trinajstić information content (AvgIpc) is 3.04. The minimum atomic E-state index is 0.345. The molecule has 0 fully saturated rings. The van der Waals surface area contributed by atoms with E-state index >= 15 is 0 Å². The molecule has 1 unspecified atom stereocenters. The summed E-state index contributed by atoms with van der Waals surface area (Å²) in [5.74, 6) is 2.47. The number of hydrogen-bond donors (Lipinski definition) is 2. The summed E-state index contributed by atoms with van der Waals surface area (Å²) < 4.78 is 5.31. The van der Waals surface area contributed by atoms with E-state index in [1.807, 2.05) is 31.2 Å². The molecule has 2 aromatic rings. The summed E-state index contributed by atoms with van der Waals surface area (Å²) in [6.45, 7) is 9.94. The Balaban J connectivity index is 1.94. The molecular weight excluding hydrogens is 338 g/mol. The highest BCUT2D eigenvalue weighted by atomic mass is 35.5. The van der Waals surface area contributed by atoms with Gasteiger partial charge in [0, 0.05) is 29.6 Å². The molecule has 1 aromatic carbocycles. The first-order valence-corrected chi connectivity index (χ1v) is 9.00. The van der Waals surface area contributed by atoms with Gasteiger partial charge in [-0.2, -0.15) is 4.98 Å². The Hall–Kier alpha value is -2.08. The summed E-state index contributed by atoms with van der Waals surface area (Å²) in [5, 5.41) is 11.3.